The molecular formula is C33H42N6O5. The Balaban J connectivity index is 1.33. The highest BCUT2D eigenvalue weighted by Crippen LogP contribution is 2.33. The van der Waals surface area contributed by atoms with Gasteiger partial charge < -0.3 is 29.5 Å². The van der Waals surface area contributed by atoms with Crippen molar-refractivity contribution in [2.24, 2.45) is 0 Å². The van der Waals surface area contributed by atoms with Crippen LogP contribution in [0.25, 0.3) is 0 Å². The van der Waals surface area contributed by atoms with Gasteiger partial charge in [0.05, 0.1) is 25.4 Å². The summed E-state index contributed by atoms with van der Waals surface area (Å²) in [6.07, 6.45) is 2.45. The van der Waals surface area contributed by atoms with E-state index in [0.717, 1.165) is 63.1 Å². The number of aromatic nitrogens is 2. The molecular weight excluding hydrogens is 560 g/mol. The van der Waals surface area contributed by atoms with Crippen LogP contribution in [0.3, 0.4) is 0 Å². The molecule has 1 fully saturated rings. The number of hydrogen-bond acceptors (Lipinski definition) is 8. The number of hydrogen-bond donors (Lipinski definition) is 1. The third-order valence-electron chi connectivity index (χ3n) is 8.28. The normalized spacial score (nSPS) is 15.6. The number of benzene rings is 2. The van der Waals surface area contributed by atoms with Gasteiger partial charge in [-0.1, -0.05) is 56.5 Å². The molecule has 3 heterocycles. The van der Waals surface area contributed by atoms with E-state index >= 15 is 0 Å². The highest BCUT2D eigenvalue weighted by atomic mass is 16.6. The molecule has 44 heavy (non-hydrogen) atoms. The molecule has 1 aromatic heterocycles. The van der Waals surface area contributed by atoms with Crippen LogP contribution in [0.4, 0.5) is 16.3 Å². The van der Waals surface area contributed by atoms with Crippen molar-refractivity contribution in [3.05, 3.63) is 77.0 Å². The number of unbranched alkanes of at least 4 members (excludes halogenated alkanes) is 3. The monoisotopic (exact) mass is 602 g/mol. The lowest BCUT2D eigenvalue weighted by atomic mass is 10.1. The lowest BCUT2D eigenvalue weighted by molar-refractivity contribution is -0.143. The Morgan fingerprint density at radius 2 is 1.66 bits per heavy atom. The average Bonchev–Trinajstić information content (AvgIpc) is 3.63. The van der Waals surface area contributed by atoms with Crippen LogP contribution in [-0.2, 0) is 27.4 Å². The standard InChI is InChI=1S/C33H42N6O5/c1-4-5-6-10-21-44-33(42)39-28-23-38(32(41)29(43-3)24-11-8-7-9-12-24)22-27(28)30(35-39)34-31(40)25-13-15-26(16-14-25)37-19-17-36(2)18-20-37/h7-9,11-16,29H,4-6,10,17-23H2,1-3H3,(H,34,35,40). The van der Waals surface area contributed by atoms with Crippen molar-refractivity contribution in [2.75, 3.05) is 57.2 Å². The van der Waals surface area contributed by atoms with Crippen molar-refractivity contribution < 1.29 is 23.9 Å². The van der Waals surface area contributed by atoms with Crippen molar-refractivity contribution in [3.8, 4) is 0 Å². The lowest BCUT2D eigenvalue weighted by Gasteiger charge is -2.34. The van der Waals surface area contributed by atoms with Crippen LogP contribution in [0.15, 0.2) is 54.6 Å². The molecule has 0 saturated carbocycles. The summed E-state index contributed by atoms with van der Waals surface area (Å²) < 4.78 is 12.3. The summed E-state index contributed by atoms with van der Waals surface area (Å²) >= 11 is 0. The molecule has 11 heteroatoms. The van der Waals surface area contributed by atoms with Gasteiger partial charge in [0.15, 0.2) is 11.9 Å². The number of carbonyl (C=O) groups is 3. The van der Waals surface area contributed by atoms with Gasteiger partial charge >= 0.3 is 6.09 Å². The highest BCUT2D eigenvalue weighted by Gasteiger charge is 2.36. The predicted molar refractivity (Wildman–Crippen MR) is 168 cm³/mol. The Labute approximate surface area is 258 Å². The molecule has 1 atom stereocenters. The number of methoxy groups -OCH3 is 1. The van der Waals surface area contributed by atoms with Crippen LogP contribution in [0.2, 0.25) is 0 Å². The first kappa shape index (κ1) is 31.2. The third kappa shape index (κ3) is 7.11. The first-order valence-corrected chi connectivity index (χ1v) is 15.4. The van der Waals surface area contributed by atoms with Gasteiger partial charge in [0.2, 0.25) is 0 Å². The summed E-state index contributed by atoms with van der Waals surface area (Å²) in [5, 5.41) is 7.34. The largest absolute Gasteiger partial charge is 0.448 e. The first-order valence-electron chi connectivity index (χ1n) is 15.4. The summed E-state index contributed by atoms with van der Waals surface area (Å²) in [5.74, 6) is -0.356. The Hall–Kier alpha value is -4.22. The number of carbonyl (C=O) groups excluding carboxylic acids is 3. The van der Waals surface area contributed by atoms with E-state index in [-0.39, 0.29) is 37.3 Å². The maximum atomic E-state index is 13.6. The van der Waals surface area contributed by atoms with Crippen LogP contribution in [0.5, 0.6) is 0 Å². The van der Waals surface area contributed by atoms with Crippen molar-refractivity contribution in [3.63, 3.8) is 0 Å². The molecule has 1 unspecified atom stereocenters. The van der Waals surface area contributed by atoms with E-state index in [2.05, 4.69) is 34.2 Å². The Morgan fingerprint density at radius 1 is 0.932 bits per heavy atom. The number of nitrogens with one attached hydrogen (secondary N) is 1. The van der Waals surface area contributed by atoms with Gasteiger partial charge in [-0.25, -0.2) is 4.79 Å². The van der Waals surface area contributed by atoms with Gasteiger partial charge in [-0.05, 0) is 43.3 Å². The van der Waals surface area contributed by atoms with Gasteiger partial charge in [-0.3, -0.25) is 9.59 Å². The lowest BCUT2D eigenvalue weighted by Crippen LogP contribution is -2.44. The van der Waals surface area contributed by atoms with Crippen LogP contribution in [0.1, 0.15) is 65.9 Å². The fourth-order valence-electron chi connectivity index (χ4n) is 5.64. The summed E-state index contributed by atoms with van der Waals surface area (Å²) in [6.45, 7) is 6.55. The van der Waals surface area contributed by atoms with E-state index < -0.39 is 12.2 Å². The molecule has 2 amide bonds. The molecule has 234 valence electrons. The van der Waals surface area contributed by atoms with Gasteiger partial charge in [0.1, 0.15) is 0 Å². The molecule has 1 saturated heterocycles. The van der Waals surface area contributed by atoms with Crippen LogP contribution >= 0.6 is 0 Å². The van der Waals surface area contributed by atoms with E-state index in [1.165, 1.54) is 11.8 Å². The summed E-state index contributed by atoms with van der Waals surface area (Å²) in [4.78, 5) is 46.3. The Morgan fingerprint density at radius 3 is 2.34 bits per heavy atom. The van der Waals surface area contributed by atoms with Crippen molar-refractivity contribution in [1.82, 2.24) is 19.6 Å². The molecule has 0 spiro atoms. The number of fused-ring (bicyclic) bond motifs is 1. The molecule has 0 radical (unpaired) electrons. The molecule has 2 aliphatic heterocycles. The average molecular weight is 603 g/mol. The predicted octanol–water partition coefficient (Wildman–Crippen LogP) is 4.68. The maximum Gasteiger partial charge on any atom is 0.435 e. The smallest absolute Gasteiger partial charge is 0.435 e. The molecule has 2 aromatic carbocycles. The van der Waals surface area contributed by atoms with Gasteiger partial charge in [-0.15, -0.1) is 5.10 Å². The quantitative estimate of drug-likeness (QED) is 0.315. The second-order valence-corrected chi connectivity index (χ2v) is 11.4. The second kappa shape index (κ2) is 14.5. The van der Waals surface area contributed by atoms with Gasteiger partial charge in [-0.2, -0.15) is 4.68 Å². The number of ether oxygens (including phenoxy) is 2. The van der Waals surface area contributed by atoms with Gasteiger partial charge in [0, 0.05) is 50.1 Å². The van der Waals surface area contributed by atoms with E-state index in [4.69, 9.17) is 9.47 Å². The summed E-state index contributed by atoms with van der Waals surface area (Å²) in [5.41, 5.74) is 3.39. The van der Waals surface area contributed by atoms with Crippen molar-refractivity contribution in [1.29, 1.82) is 0 Å². The fraction of sp³-hybridized carbons (Fsp3) is 0.455. The minimum absolute atomic E-state index is 0.133. The first-order chi connectivity index (χ1) is 21.4. The fourth-order valence-corrected chi connectivity index (χ4v) is 5.64. The summed E-state index contributed by atoms with van der Waals surface area (Å²) in [7, 11) is 3.61. The number of nitrogens with zero attached hydrogens (tertiary/aromatic N) is 5. The molecule has 5 rings (SSSR count). The second-order valence-electron chi connectivity index (χ2n) is 11.4. The molecule has 0 aliphatic carbocycles. The van der Waals surface area contributed by atoms with Crippen LogP contribution < -0.4 is 10.2 Å². The number of rotatable bonds is 11. The number of piperazine rings is 1. The Kier molecular flexibility index (Phi) is 10.3. The highest BCUT2D eigenvalue weighted by molar-refractivity contribution is 6.04. The Bertz CT molecular complexity index is 1430. The van der Waals surface area contributed by atoms with Crippen molar-refractivity contribution in [2.45, 2.75) is 51.8 Å². The molecule has 3 aromatic rings. The SMILES string of the molecule is CCCCCCOC(=O)n1nc(NC(=O)c2ccc(N3CCN(C)CC3)cc2)c2c1CN(C(=O)C(OC)c1ccccc1)C2. The molecule has 1 N–H and O–H groups in total. The van der Waals surface area contributed by atoms with E-state index in [0.29, 0.717) is 16.8 Å². The minimum Gasteiger partial charge on any atom is -0.448 e. The number of amides is 2. The number of likely N-dealkylation sites (N-methyl/N-ethyl adjacent to an activating group) is 1. The maximum absolute atomic E-state index is 13.6. The topological polar surface area (TPSA) is 109 Å². The van der Waals surface area contributed by atoms with Crippen molar-refractivity contribution >= 4 is 29.4 Å². The zero-order chi connectivity index (χ0) is 31.1. The molecule has 2 aliphatic rings. The summed E-state index contributed by atoms with van der Waals surface area (Å²) in [6, 6.07) is 16.8. The third-order valence-corrected chi connectivity index (χ3v) is 8.28. The molecule has 11 nitrogen and oxygen atoms in total. The molecule has 0 bridgehead atoms. The minimum atomic E-state index is -0.802. The van der Waals surface area contributed by atoms with Gasteiger partial charge in [0.25, 0.3) is 11.8 Å². The van der Waals surface area contributed by atoms with Crippen LogP contribution in [-0.4, -0.2) is 84.4 Å². The van der Waals surface area contributed by atoms with E-state index in [1.54, 1.807) is 17.0 Å². The zero-order valence-electron chi connectivity index (χ0n) is 25.8. The zero-order valence-corrected chi connectivity index (χ0v) is 25.8. The van der Waals surface area contributed by atoms with Crippen LogP contribution in [0, 0.1) is 0 Å². The van der Waals surface area contributed by atoms with E-state index in [1.807, 2.05) is 42.5 Å². The number of anilines is 2. The van der Waals surface area contributed by atoms with E-state index in [9.17, 15) is 14.4 Å².